The van der Waals surface area contributed by atoms with Crippen molar-refractivity contribution in [3.8, 4) is 33.8 Å². The van der Waals surface area contributed by atoms with Crippen LogP contribution in [-0.4, -0.2) is 175 Å². The Labute approximate surface area is 520 Å². The van der Waals surface area contributed by atoms with Crippen LogP contribution >= 0.6 is 0 Å². The summed E-state index contributed by atoms with van der Waals surface area (Å²) in [5.41, 5.74) is 19.0. The van der Waals surface area contributed by atoms with E-state index in [1.165, 1.54) is 16.7 Å². The second-order valence-electron chi connectivity index (χ2n) is 27.2. The molecule has 90 heavy (non-hydrogen) atoms. The molecule has 0 spiro atoms. The fraction of sp³-hybridized carbons (Fsp3) is 0.458. The molecule has 1 unspecified atom stereocenters. The fourth-order valence-electron chi connectivity index (χ4n) is 15.1. The Balaban J connectivity index is 0.000000108. The summed E-state index contributed by atoms with van der Waals surface area (Å²) in [7, 11) is 0. The number of pyridine rings is 3. The molecule has 6 aliphatic heterocycles. The smallest absolute Gasteiger partial charge is 0.112 e. The number of rotatable bonds is 15. The molecule has 9 N–H and O–H groups in total. The van der Waals surface area contributed by atoms with Crippen molar-refractivity contribution in [3.63, 3.8) is 0 Å². The maximum absolute atomic E-state index is 9.94. The van der Waals surface area contributed by atoms with Crippen LogP contribution in [0.25, 0.3) is 66.9 Å². The SMILES string of the molecule is OCC1(c2ccc(-c3ccc4[nH]c(CC5CO[C@@H]6[C@H](O)CO[C@H]56)cc4n3)cc2)CC1.OCC1(c2ccc(-c3ccc4[nH]c(C[C@@H]5CO[C@H]6[C@@H]5OC[C@H]6O)cc4n3)cc2)CC1.OCC1(c2ccc(-c3ccc4[nH]c(C[C@H]5CO[C@H]6[C@@H]5OC[C@H]6O)cc4n3)cc2)CC1. The third kappa shape index (κ3) is 11.0. The van der Waals surface area contributed by atoms with Gasteiger partial charge in [0.05, 0.1) is 128 Å². The lowest BCUT2D eigenvalue weighted by Gasteiger charge is -2.14. The van der Waals surface area contributed by atoms with Gasteiger partial charge in [0.2, 0.25) is 0 Å². The first-order valence-electron chi connectivity index (χ1n) is 32.3. The molecule has 12 heterocycles. The van der Waals surface area contributed by atoms with Crippen LogP contribution in [0.4, 0.5) is 0 Å². The van der Waals surface area contributed by atoms with Gasteiger partial charge in [0.15, 0.2) is 0 Å². The molecular weight excluding hydrogens is 1140 g/mol. The van der Waals surface area contributed by atoms with Crippen molar-refractivity contribution in [2.24, 2.45) is 17.8 Å². The Kier molecular flexibility index (Phi) is 15.2. The maximum atomic E-state index is 9.94. The van der Waals surface area contributed by atoms with E-state index in [0.29, 0.717) is 39.6 Å². The Bertz CT molecular complexity index is 3630. The van der Waals surface area contributed by atoms with Crippen LogP contribution in [0, 0.1) is 17.8 Å². The number of aliphatic hydroxyl groups is 6. The normalized spacial score (nSPS) is 29.4. The summed E-state index contributed by atoms with van der Waals surface area (Å²) in [6.45, 7) is 3.60. The summed E-state index contributed by atoms with van der Waals surface area (Å²) in [4.78, 5) is 25.0. The highest BCUT2D eigenvalue weighted by molar-refractivity contribution is 5.82. The lowest BCUT2D eigenvalue weighted by molar-refractivity contribution is 0.0169. The highest BCUT2D eigenvalue weighted by Gasteiger charge is 2.50. The first-order valence-corrected chi connectivity index (χ1v) is 32.3. The van der Waals surface area contributed by atoms with E-state index in [2.05, 4.69) is 124 Å². The van der Waals surface area contributed by atoms with Crippen LogP contribution in [0.5, 0.6) is 0 Å². The molecule has 18 nitrogen and oxygen atoms in total. The Morgan fingerprint density at radius 1 is 0.344 bits per heavy atom. The quantitative estimate of drug-likeness (QED) is 0.0476. The van der Waals surface area contributed by atoms with Crippen LogP contribution in [0.15, 0.2) is 127 Å². The summed E-state index contributed by atoms with van der Waals surface area (Å²) in [6.07, 6.45) is 6.68. The highest BCUT2D eigenvalue weighted by atomic mass is 16.6. The van der Waals surface area contributed by atoms with E-state index in [9.17, 15) is 30.6 Å². The summed E-state index contributed by atoms with van der Waals surface area (Å²) in [5.74, 6) is 0.732. The molecule has 9 aromatic rings. The Morgan fingerprint density at radius 3 is 0.867 bits per heavy atom. The van der Waals surface area contributed by atoms with Gasteiger partial charge in [-0.25, -0.2) is 15.0 Å². The zero-order chi connectivity index (χ0) is 60.9. The van der Waals surface area contributed by atoms with Gasteiger partial charge in [0, 0.05) is 67.8 Å². The molecule has 9 aliphatic rings. The Hall–Kier alpha value is -6.75. The fourth-order valence-corrected chi connectivity index (χ4v) is 15.1. The van der Waals surface area contributed by atoms with Gasteiger partial charge in [-0.3, -0.25) is 0 Å². The number of aromatic amines is 3. The topological polar surface area (TPSA) is 263 Å². The summed E-state index contributed by atoms with van der Waals surface area (Å²) in [6, 6.07) is 44.1. The second-order valence-corrected chi connectivity index (χ2v) is 27.2. The van der Waals surface area contributed by atoms with Crippen molar-refractivity contribution >= 4 is 33.1 Å². The highest BCUT2D eigenvalue weighted by Crippen LogP contribution is 2.50. The van der Waals surface area contributed by atoms with E-state index in [4.69, 9.17) is 43.4 Å². The molecule has 3 saturated carbocycles. The van der Waals surface area contributed by atoms with E-state index in [1.807, 2.05) is 18.2 Å². The van der Waals surface area contributed by atoms with E-state index >= 15 is 0 Å². The minimum absolute atomic E-state index is 0.00646. The predicted molar refractivity (Wildman–Crippen MR) is 337 cm³/mol. The number of hydrogen-bond donors (Lipinski definition) is 9. The van der Waals surface area contributed by atoms with Crippen molar-refractivity contribution in [3.05, 3.63) is 161 Å². The molecule has 6 aromatic heterocycles. The predicted octanol–water partition coefficient (Wildman–Crippen LogP) is 7.71. The summed E-state index contributed by atoms with van der Waals surface area (Å²) in [5, 5.41) is 58.7. The van der Waals surface area contributed by atoms with E-state index in [1.54, 1.807) is 0 Å². The molecule has 0 bridgehead atoms. The molecule has 0 amide bonds. The van der Waals surface area contributed by atoms with Crippen LogP contribution in [-0.2, 0) is 63.9 Å². The minimum atomic E-state index is -0.509. The van der Waals surface area contributed by atoms with Gasteiger partial charge >= 0.3 is 0 Å². The van der Waals surface area contributed by atoms with Crippen molar-refractivity contribution in [1.29, 1.82) is 0 Å². The van der Waals surface area contributed by atoms with Gasteiger partial charge in [-0.05, 0) is 129 Å². The largest absolute Gasteiger partial charge is 0.395 e. The molecular formula is C72H78N6O12. The average Bonchev–Trinajstić information content (AvgIpc) is 1.76. The molecule has 3 aliphatic carbocycles. The lowest BCUT2D eigenvalue weighted by atomic mass is 9.95. The average molecular weight is 1220 g/mol. The van der Waals surface area contributed by atoms with E-state index in [0.717, 1.165) is 142 Å². The molecule has 18 heteroatoms. The molecule has 18 rings (SSSR count). The molecule has 9 fully saturated rings. The molecule has 6 saturated heterocycles. The van der Waals surface area contributed by atoms with Crippen LogP contribution in [0.1, 0.15) is 72.3 Å². The van der Waals surface area contributed by atoms with Gasteiger partial charge in [-0.1, -0.05) is 72.8 Å². The first-order chi connectivity index (χ1) is 43.9. The number of fused-ring (bicyclic) bond motifs is 6. The number of benzene rings is 3. The van der Waals surface area contributed by atoms with Crippen molar-refractivity contribution < 1.29 is 59.1 Å². The zero-order valence-electron chi connectivity index (χ0n) is 50.3. The Morgan fingerprint density at radius 2 is 0.611 bits per heavy atom. The van der Waals surface area contributed by atoms with Crippen LogP contribution in [0.2, 0.25) is 0 Å². The second kappa shape index (κ2) is 23.4. The summed E-state index contributed by atoms with van der Waals surface area (Å²) >= 11 is 0. The molecule has 468 valence electrons. The number of ether oxygens (including phenoxy) is 6. The van der Waals surface area contributed by atoms with Gasteiger partial charge in [0.1, 0.15) is 36.6 Å². The van der Waals surface area contributed by atoms with Crippen molar-refractivity contribution in [2.45, 2.75) is 129 Å². The molecule has 12 atom stereocenters. The standard InChI is InChI=1S/3C24H26N2O4/c3*27-13-24(7-8-24)16-3-1-14(2-4-16)18-5-6-19-20(26-18)10-17(25-19)9-15-11-29-23-21(28)12-30-22(15)23/h3*1-6,10,15,21-23,25,27-28H,7-9,11-13H2/t15?,21-,22-,23-;15-,21+,22+,23+;15-,21-,22-,23-/m101/s1. The number of aromatic nitrogens is 6. The number of aliphatic hydroxyl groups excluding tert-OH is 6. The first kappa shape index (κ1) is 58.3. The maximum Gasteiger partial charge on any atom is 0.112 e. The van der Waals surface area contributed by atoms with Gasteiger partial charge in [-0.2, -0.15) is 0 Å². The van der Waals surface area contributed by atoms with E-state index < -0.39 is 18.3 Å². The van der Waals surface area contributed by atoms with Gasteiger partial charge < -0.3 is 74.0 Å². The third-order valence-corrected chi connectivity index (χ3v) is 21.3. The zero-order valence-corrected chi connectivity index (χ0v) is 50.3. The van der Waals surface area contributed by atoms with Crippen LogP contribution < -0.4 is 0 Å². The number of H-pyrrole nitrogens is 3. The van der Waals surface area contributed by atoms with Crippen molar-refractivity contribution in [1.82, 2.24) is 29.9 Å². The molecule has 0 radical (unpaired) electrons. The lowest BCUT2D eigenvalue weighted by Crippen LogP contribution is -2.29. The number of nitrogens with zero attached hydrogens (tertiary/aromatic N) is 3. The third-order valence-electron chi connectivity index (χ3n) is 21.3. The number of hydrogen-bond acceptors (Lipinski definition) is 15. The van der Waals surface area contributed by atoms with Gasteiger partial charge in [-0.15, -0.1) is 0 Å². The van der Waals surface area contributed by atoms with Gasteiger partial charge in [0.25, 0.3) is 0 Å². The minimum Gasteiger partial charge on any atom is -0.395 e. The van der Waals surface area contributed by atoms with E-state index in [-0.39, 0.29) is 90.4 Å². The van der Waals surface area contributed by atoms with Crippen LogP contribution in [0.3, 0.4) is 0 Å². The molecule has 3 aromatic carbocycles. The van der Waals surface area contributed by atoms with Crippen molar-refractivity contribution in [2.75, 3.05) is 59.5 Å². The summed E-state index contributed by atoms with van der Waals surface area (Å²) < 4.78 is 34.5. The monoisotopic (exact) mass is 1220 g/mol. The number of nitrogens with one attached hydrogen (secondary N) is 3.